The summed E-state index contributed by atoms with van der Waals surface area (Å²) in [7, 11) is 0. The molecule has 1 atom stereocenters. The van der Waals surface area contributed by atoms with Crippen LogP contribution in [0.4, 0.5) is 5.69 Å². The van der Waals surface area contributed by atoms with Crippen molar-refractivity contribution in [2.45, 2.75) is 38.6 Å². The van der Waals surface area contributed by atoms with Gasteiger partial charge in [0.05, 0.1) is 13.2 Å². The number of rotatable bonds is 6. The third-order valence-electron chi connectivity index (χ3n) is 4.99. The molecule has 1 aromatic carbocycles. The van der Waals surface area contributed by atoms with Crippen LogP contribution in [0.25, 0.3) is 0 Å². The van der Waals surface area contributed by atoms with Crippen LogP contribution in [0, 0.1) is 0 Å². The van der Waals surface area contributed by atoms with E-state index in [0.717, 1.165) is 58.2 Å². The highest BCUT2D eigenvalue weighted by atomic mass is 127. The molecule has 2 heterocycles. The Balaban J connectivity index is 0.00000261. The molecule has 5 nitrogen and oxygen atoms in total. The highest BCUT2D eigenvalue weighted by molar-refractivity contribution is 14.0. The Morgan fingerprint density at radius 3 is 2.89 bits per heavy atom. The minimum atomic E-state index is 0. The topological polar surface area (TPSA) is 48.9 Å². The molecule has 2 aliphatic rings. The number of anilines is 1. The molecule has 27 heavy (non-hydrogen) atoms. The largest absolute Gasteiger partial charge is 0.377 e. The second-order valence-electron chi connectivity index (χ2n) is 6.96. The van der Waals surface area contributed by atoms with E-state index in [2.05, 4.69) is 58.9 Å². The maximum atomic E-state index is 5.37. The van der Waals surface area contributed by atoms with E-state index in [0.29, 0.717) is 6.04 Å². The van der Waals surface area contributed by atoms with Gasteiger partial charge in [0.25, 0.3) is 0 Å². The number of para-hydroxylation sites is 1. The first-order chi connectivity index (χ1) is 12.8. The molecule has 0 spiro atoms. The molecule has 3 rings (SSSR count). The number of benzene rings is 1. The normalized spacial score (nSPS) is 20.5. The minimum Gasteiger partial charge on any atom is -0.377 e. The van der Waals surface area contributed by atoms with E-state index in [4.69, 9.17) is 9.73 Å². The van der Waals surface area contributed by atoms with Gasteiger partial charge in [-0.3, -0.25) is 4.99 Å². The quantitative estimate of drug-likeness (QED) is 0.281. The lowest BCUT2D eigenvalue weighted by molar-refractivity contribution is 0.153. The molecule has 2 N–H and O–H groups in total. The van der Waals surface area contributed by atoms with Crippen LogP contribution < -0.4 is 15.5 Å². The van der Waals surface area contributed by atoms with Gasteiger partial charge < -0.3 is 20.3 Å². The SMILES string of the molecule is CCNC(=NCCC1=CCOCC1)NC1CCCN(c2ccccc2)C1.I. The first-order valence-corrected chi connectivity index (χ1v) is 9.95. The summed E-state index contributed by atoms with van der Waals surface area (Å²) in [5.74, 6) is 0.945. The lowest BCUT2D eigenvalue weighted by Crippen LogP contribution is -2.51. The smallest absolute Gasteiger partial charge is 0.191 e. The number of nitrogens with one attached hydrogen (secondary N) is 2. The van der Waals surface area contributed by atoms with Gasteiger partial charge in [0.15, 0.2) is 5.96 Å². The van der Waals surface area contributed by atoms with Crippen molar-refractivity contribution < 1.29 is 4.74 Å². The number of hydrogen-bond donors (Lipinski definition) is 2. The Bertz CT molecular complexity index is 605. The summed E-state index contributed by atoms with van der Waals surface area (Å²) in [6.45, 7) is 7.60. The minimum absolute atomic E-state index is 0. The van der Waals surface area contributed by atoms with E-state index in [1.165, 1.54) is 24.1 Å². The van der Waals surface area contributed by atoms with Gasteiger partial charge in [-0.2, -0.15) is 0 Å². The number of halogens is 1. The molecule has 0 aromatic heterocycles. The summed E-state index contributed by atoms with van der Waals surface area (Å²) in [6.07, 6.45) is 6.68. The number of aliphatic imine (C=N–C) groups is 1. The van der Waals surface area contributed by atoms with E-state index >= 15 is 0 Å². The fourth-order valence-corrected chi connectivity index (χ4v) is 3.59. The highest BCUT2D eigenvalue weighted by Crippen LogP contribution is 2.19. The van der Waals surface area contributed by atoms with Crippen molar-refractivity contribution in [2.75, 3.05) is 44.3 Å². The average Bonchev–Trinajstić information content (AvgIpc) is 2.70. The Morgan fingerprint density at radius 1 is 1.30 bits per heavy atom. The van der Waals surface area contributed by atoms with E-state index in [-0.39, 0.29) is 24.0 Å². The van der Waals surface area contributed by atoms with Crippen LogP contribution in [0.5, 0.6) is 0 Å². The zero-order valence-corrected chi connectivity index (χ0v) is 18.7. The summed E-state index contributed by atoms with van der Waals surface area (Å²) in [6, 6.07) is 11.1. The van der Waals surface area contributed by atoms with Gasteiger partial charge in [-0.25, -0.2) is 0 Å². The Morgan fingerprint density at radius 2 is 2.15 bits per heavy atom. The Kier molecular flexibility index (Phi) is 9.97. The molecule has 1 unspecified atom stereocenters. The molecule has 0 aliphatic carbocycles. The summed E-state index contributed by atoms with van der Waals surface area (Å²) < 4.78 is 5.37. The molecule has 2 aliphatic heterocycles. The molecule has 1 aromatic rings. The van der Waals surface area contributed by atoms with Gasteiger partial charge >= 0.3 is 0 Å². The molecule has 0 bridgehead atoms. The first kappa shape index (κ1) is 22.0. The third-order valence-corrected chi connectivity index (χ3v) is 4.99. The van der Waals surface area contributed by atoms with Crippen LogP contribution in [0.15, 0.2) is 47.0 Å². The maximum Gasteiger partial charge on any atom is 0.191 e. The van der Waals surface area contributed by atoms with Crippen LogP contribution in [-0.4, -0.2) is 51.4 Å². The summed E-state index contributed by atoms with van der Waals surface area (Å²) in [5, 5.41) is 7.05. The van der Waals surface area contributed by atoms with Crippen LogP contribution >= 0.6 is 24.0 Å². The number of piperidine rings is 1. The molecule has 6 heteroatoms. The molecule has 150 valence electrons. The lowest BCUT2D eigenvalue weighted by atomic mass is 10.0. The average molecular weight is 484 g/mol. The maximum absolute atomic E-state index is 5.37. The van der Waals surface area contributed by atoms with Crippen LogP contribution in [0.3, 0.4) is 0 Å². The highest BCUT2D eigenvalue weighted by Gasteiger charge is 2.20. The van der Waals surface area contributed by atoms with Gasteiger partial charge in [-0.15, -0.1) is 24.0 Å². The summed E-state index contributed by atoms with van der Waals surface area (Å²) >= 11 is 0. The van der Waals surface area contributed by atoms with Gasteiger partial charge in [-0.1, -0.05) is 29.8 Å². The van der Waals surface area contributed by atoms with E-state index < -0.39 is 0 Å². The van der Waals surface area contributed by atoms with Gasteiger partial charge in [0, 0.05) is 37.9 Å². The zero-order chi connectivity index (χ0) is 18.0. The van der Waals surface area contributed by atoms with Crippen molar-refractivity contribution in [1.29, 1.82) is 0 Å². The summed E-state index contributed by atoms with van der Waals surface area (Å²) in [5.41, 5.74) is 2.79. The zero-order valence-electron chi connectivity index (χ0n) is 16.3. The molecule has 1 fully saturated rings. The van der Waals surface area contributed by atoms with Crippen LogP contribution in [0.1, 0.15) is 32.6 Å². The van der Waals surface area contributed by atoms with Crippen molar-refractivity contribution >= 4 is 35.6 Å². The Hall–Kier alpha value is -1.28. The lowest BCUT2D eigenvalue weighted by Gasteiger charge is -2.35. The fraction of sp³-hybridized carbons (Fsp3) is 0.571. The Labute approximate surface area is 180 Å². The summed E-state index contributed by atoms with van der Waals surface area (Å²) in [4.78, 5) is 7.26. The number of ether oxygens (including phenoxy) is 1. The van der Waals surface area contributed by atoms with Crippen molar-refractivity contribution in [2.24, 2.45) is 4.99 Å². The predicted molar refractivity (Wildman–Crippen MR) is 124 cm³/mol. The van der Waals surface area contributed by atoms with E-state index in [1.807, 2.05) is 0 Å². The molecule has 0 saturated carbocycles. The molecular weight excluding hydrogens is 451 g/mol. The van der Waals surface area contributed by atoms with Crippen LogP contribution in [-0.2, 0) is 4.74 Å². The van der Waals surface area contributed by atoms with Crippen molar-refractivity contribution in [1.82, 2.24) is 10.6 Å². The molecule has 0 radical (unpaired) electrons. The van der Waals surface area contributed by atoms with Crippen molar-refractivity contribution in [3.05, 3.63) is 42.0 Å². The van der Waals surface area contributed by atoms with Crippen LogP contribution in [0.2, 0.25) is 0 Å². The molecule has 0 amide bonds. The van der Waals surface area contributed by atoms with Gasteiger partial charge in [0.2, 0.25) is 0 Å². The fourth-order valence-electron chi connectivity index (χ4n) is 3.59. The van der Waals surface area contributed by atoms with Crippen molar-refractivity contribution in [3.8, 4) is 0 Å². The van der Waals surface area contributed by atoms with Gasteiger partial charge in [0.1, 0.15) is 0 Å². The second-order valence-corrected chi connectivity index (χ2v) is 6.96. The van der Waals surface area contributed by atoms with E-state index in [1.54, 1.807) is 0 Å². The van der Waals surface area contributed by atoms with Crippen molar-refractivity contribution in [3.63, 3.8) is 0 Å². The number of nitrogens with zero attached hydrogens (tertiary/aromatic N) is 2. The standard InChI is InChI=1S/C21H32N4O.HI/c1-2-22-21(23-13-10-18-11-15-26-16-12-18)24-19-7-6-14-25(17-19)20-8-4-3-5-9-20;/h3-5,8-9,11,19H,2,6-7,10,12-17H2,1H3,(H2,22,23,24);1H. The molecule has 1 saturated heterocycles. The number of guanidine groups is 1. The number of hydrogen-bond acceptors (Lipinski definition) is 3. The molecular formula is C21H33IN4O. The first-order valence-electron chi connectivity index (χ1n) is 9.95. The second kappa shape index (κ2) is 12.2. The third kappa shape index (κ3) is 7.33. The van der Waals surface area contributed by atoms with E-state index in [9.17, 15) is 0 Å². The predicted octanol–water partition coefficient (Wildman–Crippen LogP) is 3.57. The van der Waals surface area contributed by atoms with Gasteiger partial charge in [-0.05, 0) is 44.7 Å². The monoisotopic (exact) mass is 484 g/mol.